The molecule has 7 heteroatoms. The first-order chi connectivity index (χ1) is 9.98. The molecule has 1 aromatic carbocycles. The summed E-state index contributed by atoms with van der Waals surface area (Å²) in [5, 5.41) is 0.197. The fraction of sp³-hybridized carbons (Fsp3) is 0.214. The maximum Gasteiger partial charge on any atom is 0.212 e. The first kappa shape index (κ1) is 15.9. The molecule has 1 heterocycles. The van der Waals surface area contributed by atoms with Gasteiger partial charge in [-0.15, -0.1) is 0 Å². The zero-order chi connectivity index (χ0) is 15.3. The largest absolute Gasteiger partial charge is 0.261 e. The van der Waals surface area contributed by atoms with E-state index in [9.17, 15) is 12.8 Å². The number of aryl methyl sites for hydroxylation is 1. The summed E-state index contributed by atoms with van der Waals surface area (Å²) in [4.78, 5) is 4.05. The molecule has 0 atom stereocenters. The van der Waals surface area contributed by atoms with E-state index in [2.05, 4.69) is 9.71 Å². The number of pyridine rings is 1. The van der Waals surface area contributed by atoms with E-state index in [1.54, 1.807) is 24.4 Å². The summed E-state index contributed by atoms with van der Waals surface area (Å²) in [7, 11) is -3.53. The van der Waals surface area contributed by atoms with Crippen LogP contribution in [0.25, 0.3) is 0 Å². The van der Waals surface area contributed by atoms with Crippen molar-refractivity contribution in [3.05, 3.63) is 64.7 Å². The Morgan fingerprint density at radius 1 is 1.19 bits per heavy atom. The zero-order valence-electron chi connectivity index (χ0n) is 11.1. The molecule has 0 bridgehead atoms. The van der Waals surface area contributed by atoms with Crippen molar-refractivity contribution in [2.45, 2.75) is 13.0 Å². The minimum absolute atomic E-state index is 0.115. The molecule has 1 N–H and O–H groups in total. The van der Waals surface area contributed by atoms with Crippen molar-refractivity contribution in [2.24, 2.45) is 0 Å². The van der Waals surface area contributed by atoms with Crippen LogP contribution >= 0.6 is 11.6 Å². The standard InChI is InChI=1S/C14H14ClFN2O2S/c15-13-5-3-6-14(16)12(13)10-18-21(19,20)9-7-11-4-1-2-8-17-11/h1-6,8,18H,7,9-10H2. The van der Waals surface area contributed by atoms with Crippen molar-refractivity contribution >= 4 is 21.6 Å². The van der Waals surface area contributed by atoms with E-state index in [0.717, 1.165) is 0 Å². The topological polar surface area (TPSA) is 59.1 Å². The van der Waals surface area contributed by atoms with Gasteiger partial charge in [-0.3, -0.25) is 4.98 Å². The van der Waals surface area contributed by atoms with Gasteiger partial charge in [-0.05, 0) is 24.3 Å². The van der Waals surface area contributed by atoms with Crippen LogP contribution in [0.3, 0.4) is 0 Å². The molecule has 112 valence electrons. The summed E-state index contributed by atoms with van der Waals surface area (Å²) in [5.74, 6) is -0.647. The second kappa shape index (κ2) is 6.98. The fourth-order valence-corrected chi connectivity index (χ4v) is 2.96. The zero-order valence-corrected chi connectivity index (χ0v) is 12.7. The van der Waals surface area contributed by atoms with Crippen molar-refractivity contribution in [1.82, 2.24) is 9.71 Å². The van der Waals surface area contributed by atoms with Crippen LogP contribution in [0, 0.1) is 5.82 Å². The second-order valence-corrected chi connectivity index (χ2v) is 6.74. The predicted molar refractivity (Wildman–Crippen MR) is 80.0 cm³/mol. The Labute approximate surface area is 128 Å². The van der Waals surface area contributed by atoms with E-state index in [1.807, 2.05) is 0 Å². The van der Waals surface area contributed by atoms with E-state index < -0.39 is 15.8 Å². The van der Waals surface area contributed by atoms with Gasteiger partial charge in [-0.2, -0.15) is 0 Å². The molecule has 2 aromatic rings. The maximum atomic E-state index is 13.5. The minimum atomic E-state index is -3.53. The fourth-order valence-electron chi connectivity index (χ4n) is 1.74. The summed E-state index contributed by atoms with van der Waals surface area (Å²) in [6.45, 7) is -0.171. The molecular formula is C14H14ClFN2O2S. The Hall–Kier alpha value is -1.50. The van der Waals surface area contributed by atoms with Crippen LogP contribution in [0.1, 0.15) is 11.3 Å². The Morgan fingerprint density at radius 2 is 2.00 bits per heavy atom. The number of halogens is 2. The molecule has 4 nitrogen and oxygen atoms in total. The first-order valence-electron chi connectivity index (χ1n) is 6.28. The van der Waals surface area contributed by atoms with Gasteiger partial charge in [0.25, 0.3) is 0 Å². The summed E-state index contributed by atoms with van der Waals surface area (Å²) >= 11 is 5.85. The predicted octanol–water partition coefficient (Wildman–Crippen LogP) is 2.54. The van der Waals surface area contributed by atoms with Crippen LogP contribution in [0.15, 0.2) is 42.6 Å². The molecule has 0 saturated heterocycles. The van der Waals surface area contributed by atoms with Gasteiger partial charge < -0.3 is 0 Å². The van der Waals surface area contributed by atoms with Gasteiger partial charge in [-0.1, -0.05) is 23.7 Å². The third-order valence-corrected chi connectivity index (χ3v) is 4.56. The lowest BCUT2D eigenvalue weighted by atomic mass is 10.2. The van der Waals surface area contributed by atoms with Gasteiger partial charge in [0.15, 0.2) is 0 Å². The first-order valence-corrected chi connectivity index (χ1v) is 8.31. The van der Waals surface area contributed by atoms with E-state index in [0.29, 0.717) is 12.1 Å². The third kappa shape index (κ3) is 4.77. The molecule has 0 fully saturated rings. The van der Waals surface area contributed by atoms with E-state index >= 15 is 0 Å². The minimum Gasteiger partial charge on any atom is -0.261 e. The highest BCUT2D eigenvalue weighted by molar-refractivity contribution is 7.89. The molecule has 0 aliphatic carbocycles. The average Bonchev–Trinajstić information content (AvgIpc) is 2.46. The molecule has 0 aliphatic heterocycles. The number of benzene rings is 1. The summed E-state index contributed by atoms with van der Waals surface area (Å²) in [6.07, 6.45) is 1.90. The number of aromatic nitrogens is 1. The number of sulfonamides is 1. The highest BCUT2D eigenvalue weighted by Gasteiger charge is 2.13. The monoisotopic (exact) mass is 328 g/mol. The van der Waals surface area contributed by atoms with Crippen LogP contribution in [0.5, 0.6) is 0 Å². The Bertz CT molecular complexity index is 688. The highest BCUT2D eigenvalue weighted by Crippen LogP contribution is 2.18. The molecule has 0 unspecified atom stereocenters. The van der Waals surface area contributed by atoms with Crippen LogP contribution in [-0.4, -0.2) is 19.2 Å². The lowest BCUT2D eigenvalue weighted by Crippen LogP contribution is -2.27. The summed E-state index contributed by atoms with van der Waals surface area (Å²) < 4.78 is 39.7. The van der Waals surface area contributed by atoms with Crippen molar-refractivity contribution in [3.63, 3.8) is 0 Å². The average molecular weight is 329 g/mol. The smallest absolute Gasteiger partial charge is 0.212 e. The molecule has 0 spiro atoms. The number of rotatable bonds is 6. The molecule has 21 heavy (non-hydrogen) atoms. The normalized spacial score (nSPS) is 11.5. The molecule has 0 aliphatic rings. The number of hydrogen-bond acceptors (Lipinski definition) is 3. The van der Waals surface area contributed by atoms with Gasteiger partial charge in [0.05, 0.1) is 5.75 Å². The van der Waals surface area contributed by atoms with Crippen LogP contribution in [-0.2, 0) is 23.0 Å². The Kier molecular flexibility index (Phi) is 5.27. The van der Waals surface area contributed by atoms with E-state index in [4.69, 9.17) is 11.6 Å². The van der Waals surface area contributed by atoms with Crippen LogP contribution in [0.2, 0.25) is 5.02 Å². The van der Waals surface area contributed by atoms with Gasteiger partial charge >= 0.3 is 0 Å². The van der Waals surface area contributed by atoms with E-state index in [1.165, 1.54) is 18.2 Å². The second-order valence-electron chi connectivity index (χ2n) is 4.41. The lowest BCUT2D eigenvalue weighted by molar-refractivity contribution is 0.573. The molecular weight excluding hydrogens is 315 g/mol. The lowest BCUT2D eigenvalue weighted by Gasteiger charge is -2.08. The van der Waals surface area contributed by atoms with Gasteiger partial charge in [0.1, 0.15) is 5.82 Å². The maximum absolute atomic E-state index is 13.5. The Balaban J connectivity index is 1.95. The molecule has 0 radical (unpaired) electrons. The van der Waals surface area contributed by atoms with E-state index in [-0.39, 0.29) is 22.9 Å². The van der Waals surface area contributed by atoms with Gasteiger partial charge in [0.2, 0.25) is 10.0 Å². The summed E-state index contributed by atoms with van der Waals surface area (Å²) in [6, 6.07) is 9.53. The molecule has 1 aromatic heterocycles. The van der Waals surface area contributed by atoms with Crippen LogP contribution < -0.4 is 4.72 Å². The van der Waals surface area contributed by atoms with Crippen LogP contribution in [0.4, 0.5) is 4.39 Å². The highest BCUT2D eigenvalue weighted by atomic mass is 35.5. The number of nitrogens with zero attached hydrogens (tertiary/aromatic N) is 1. The Morgan fingerprint density at radius 3 is 2.67 bits per heavy atom. The van der Waals surface area contributed by atoms with Gasteiger partial charge in [0, 0.05) is 35.4 Å². The molecule has 0 amide bonds. The van der Waals surface area contributed by atoms with Crippen molar-refractivity contribution in [3.8, 4) is 0 Å². The van der Waals surface area contributed by atoms with Crippen molar-refractivity contribution < 1.29 is 12.8 Å². The molecule has 2 rings (SSSR count). The summed E-state index contributed by atoms with van der Waals surface area (Å²) in [5.41, 5.74) is 0.826. The quantitative estimate of drug-likeness (QED) is 0.886. The number of nitrogens with one attached hydrogen (secondary N) is 1. The number of hydrogen-bond donors (Lipinski definition) is 1. The van der Waals surface area contributed by atoms with Crippen molar-refractivity contribution in [2.75, 3.05) is 5.75 Å². The van der Waals surface area contributed by atoms with Crippen molar-refractivity contribution in [1.29, 1.82) is 0 Å². The third-order valence-electron chi connectivity index (χ3n) is 2.88. The molecule has 0 saturated carbocycles. The SMILES string of the molecule is O=S(=O)(CCc1ccccn1)NCc1c(F)cccc1Cl. The van der Waals surface area contributed by atoms with Gasteiger partial charge in [-0.25, -0.2) is 17.5 Å².